The maximum Gasteiger partial charge on any atom is 0.161 e. The summed E-state index contributed by atoms with van der Waals surface area (Å²) < 4.78 is 10.6. The van der Waals surface area contributed by atoms with Crippen LogP contribution in [-0.4, -0.2) is 19.2 Å². The molecule has 4 heteroatoms. The van der Waals surface area contributed by atoms with E-state index in [-0.39, 0.29) is 12.0 Å². The Bertz CT molecular complexity index is 558. The predicted octanol–water partition coefficient (Wildman–Crippen LogP) is 2.90. The number of hydrogen-bond donors (Lipinski definition) is 1. The number of nitrogens with two attached hydrogens (primary N) is 1. The summed E-state index contributed by atoms with van der Waals surface area (Å²) in [6.07, 6.45) is 3.57. The van der Waals surface area contributed by atoms with Crippen LogP contribution >= 0.6 is 0 Å². The van der Waals surface area contributed by atoms with E-state index in [2.05, 4.69) is 11.9 Å². The van der Waals surface area contributed by atoms with Crippen molar-refractivity contribution < 1.29 is 9.47 Å². The Hall–Kier alpha value is -2.07. The van der Waals surface area contributed by atoms with Crippen LogP contribution in [0.1, 0.15) is 30.0 Å². The minimum atomic E-state index is -0.114. The van der Waals surface area contributed by atoms with Gasteiger partial charge in [0.05, 0.1) is 14.2 Å². The SMILES string of the molecule is COc1ccc(C(N)C(C)c2ccncc2)cc1OC. The fraction of sp³-hybridized carbons (Fsp3) is 0.312. The molecule has 0 spiro atoms. The summed E-state index contributed by atoms with van der Waals surface area (Å²) in [4.78, 5) is 4.03. The van der Waals surface area contributed by atoms with E-state index in [1.165, 1.54) is 5.56 Å². The van der Waals surface area contributed by atoms with E-state index in [1.807, 2.05) is 30.3 Å². The van der Waals surface area contributed by atoms with Crippen LogP contribution in [0.15, 0.2) is 42.7 Å². The van der Waals surface area contributed by atoms with Crippen LogP contribution in [0, 0.1) is 0 Å². The molecule has 0 bridgehead atoms. The van der Waals surface area contributed by atoms with Crippen molar-refractivity contribution in [1.82, 2.24) is 4.98 Å². The molecule has 20 heavy (non-hydrogen) atoms. The first-order valence-corrected chi connectivity index (χ1v) is 6.54. The number of aromatic nitrogens is 1. The Morgan fingerprint density at radius 2 is 1.60 bits per heavy atom. The smallest absolute Gasteiger partial charge is 0.161 e. The molecule has 4 nitrogen and oxygen atoms in total. The van der Waals surface area contributed by atoms with Gasteiger partial charge in [0, 0.05) is 24.4 Å². The maximum absolute atomic E-state index is 6.37. The maximum atomic E-state index is 6.37. The minimum absolute atomic E-state index is 0.114. The molecular weight excluding hydrogens is 252 g/mol. The zero-order valence-electron chi connectivity index (χ0n) is 12.0. The molecule has 1 heterocycles. The summed E-state index contributed by atoms with van der Waals surface area (Å²) in [5.41, 5.74) is 8.56. The number of rotatable bonds is 5. The molecule has 0 aliphatic rings. The number of benzene rings is 1. The lowest BCUT2D eigenvalue weighted by molar-refractivity contribution is 0.354. The largest absolute Gasteiger partial charge is 0.493 e. The van der Waals surface area contributed by atoms with Gasteiger partial charge in [0.1, 0.15) is 0 Å². The molecule has 2 N–H and O–H groups in total. The number of hydrogen-bond acceptors (Lipinski definition) is 4. The number of ether oxygens (including phenoxy) is 2. The molecular formula is C16H20N2O2. The number of pyridine rings is 1. The molecule has 0 aliphatic heterocycles. The second-order valence-corrected chi connectivity index (χ2v) is 4.71. The molecule has 2 rings (SSSR count). The van der Waals surface area contributed by atoms with Gasteiger partial charge >= 0.3 is 0 Å². The van der Waals surface area contributed by atoms with Gasteiger partial charge in [-0.05, 0) is 35.4 Å². The van der Waals surface area contributed by atoms with Crippen molar-refractivity contribution in [3.05, 3.63) is 53.9 Å². The average Bonchev–Trinajstić information content (AvgIpc) is 2.53. The Labute approximate surface area is 119 Å². The molecule has 2 atom stereocenters. The van der Waals surface area contributed by atoms with Gasteiger partial charge in [-0.1, -0.05) is 13.0 Å². The first-order chi connectivity index (χ1) is 9.67. The van der Waals surface area contributed by atoms with Crippen molar-refractivity contribution in [3.8, 4) is 11.5 Å². The van der Waals surface area contributed by atoms with Crippen LogP contribution in [0.2, 0.25) is 0 Å². The van der Waals surface area contributed by atoms with Crippen molar-refractivity contribution in [2.45, 2.75) is 18.9 Å². The molecule has 0 aliphatic carbocycles. The quantitative estimate of drug-likeness (QED) is 0.909. The molecule has 0 radical (unpaired) electrons. The molecule has 1 aromatic carbocycles. The lowest BCUT2D eigenvalue weighted by Crippen LogP contribution is -2.17. The van der Waals surface area contributed by atoms with Crippen molar-refractivity contribution in [1.29, 1.82) is 0 Å². The minimum Gasteiger partial charge on any atom is -0.493 e. The van der Waals surface area contributed by atoms with Gasteiger partial charge in [0.25, 0.3) is 0 Å². The number of nitrogens with zero attached hydrogens (tertiary/aromatic N) is 1. The third-order valence-corrected chi connectivity index (χ3v) is 3.56. The lowest BCUT2D eigenvalue weighted by atomic mass is 9.89. The van der Waals surface area contributed by atoms with Crippen LogP contribution in [0.3, 0.4) is 0 Å². The van der Waals surface area contributed by atoms with Gasteiger partial charge in [-0.25, -0.2) is 0 Å². The first-order valence-electron chi connectivity index (χ1n) is 6.54. The van der Waals surface area contributed by atoms with Gasteiger partial charge in [0.2, 0.25) is 0 Å². The van der Waals surface area contributed by atoms with E-state index >= 15 is 0 Å². The van der Waals surface area contributed by atoms with Crippen molar-refractivity contribution in [2.24, 2.45) is 5.73 Å². The molecule has 1 aromatic heterocycles. The first kappa shape index (κ1) is 14.3. The topological polar surface area (TPSA) is 57.4 Å². The third kappa shape index (κ3) is 2.91. The summed E-state index contributed by atoms with van der Waals surface area (Å²) >= 11 is 0. The molecule has 106 valence electrons. The predicted molar refractivity (Wildman–Crippen MR) is 79.1 cm³/mol. The Balaban J connectivity index is 2.27. The Kier molecular flexibility index (Phi) is 4.58. The van der Waals surface area contributed by atoms with Crippen molar-refractivity contribution in [2.75, 3.05) is 14.2 Å². The Morgan fingerprint density at radius 1 is 0.950 bits per heavy atom. The van der Waals surface area contributed by atoms with E-state index in [9.17, 15) is 0 Å². The standard InChI is InChI=1S/C16H20N2O2/c1-11(12-6-8-18-9-7-12)16(17)13-4-5-14(19-2)15(10-13)20-3/h4-11,16H,17H2,1-3H3. The number of methoxy groups -OCH3 is 2. The van der Waals surface area contributed by atoms with E-state index in [0.717, 1.165) is 5.56 Å². The van der Waals surface area contributed by atoms with Gasteiger partial charge in [0.15, 0.2) is 11.5 Å². The van der Waals surface area contributed by atoms with Gasteiger partial charge in [-0.3, -0.25) is 4.98 Å². The second-order valence-electron chi connectivity index (χ2n) is 4.71. The van der Waals surface area contributed by atoms with E-state index in [0.29, 0.717) is 11.5 Å². The summed E-state index contributed by atoms with van der Waals surface area (Å²) in [7, 11) is 3.25. The molecule has 0 fully saturated rings. The highest BCUT2D eigenvalue weighted by Crippen LogP contribution is 2.34. The highest BCUT2D eigenvalue weighted by atomic mass is 16.5. The highest BCUT2D eigenvalue weighted by molar-refractivity contribution is 5.44. The highest BCUT2D eigenvalue weighted by Gasteiger charge is 2.18. The zero-order chi connectivity index (χ0) is 14.5. The fourth-order valence-corrected chi connectivity index (χ4v) is 2.22. The van der Waals surface area contributed by atoms with Crippen molar-refractivity contribution >= 4 is 0 Å². The normalized spacial score (nSPS) is 13.6. The van der Waals surface area contributed by atoms with Crippen LogP contribution in [0.25, 0.3) is 0 Å². The fourth-order valence-electron chi connectivity index (χ4n) is 2.22. The molecule has 2 unspecified atom stereocenters. The van der Waals surface area contributed by atoms with Gasteiger partial charge in [-0.2, -0.15) is 0 Å². The van der Waals surface area contributed by atoms with Gasteiger partial charge < -0.3 is 15.2 Å². The van der Waals surface area contributed by atoms with Crippen molar-refractivity contribution in [3.63, 3.8) is 0 Å². The molecule has 0 saturated heterocycles. The van der Waals surface area contributed by atoms with Crippen LogP contribution in [0.4, 0.5) is 0 Å². The summed E-state index contributed by atoms with van der Waals surface area (Å²) in [5, 5.41) is 0. The average molecular weight is 272 g/mol. The second kappa shape index (κ2) is 6.39. The Morgan fingerprint density at radius 3 is 2.20 bits per heavy atom. The third-order valence-electron chi connectivity index (χ3n) is 3.56. The molecule has 2 aromatic rings. The zero-order valence-corrected chi connectivity index (χ0v) is 12.0. The lowest BCUT2D eigenvalue weighted by Gasteiger charge is -2.21. The molecule has 0 amide bonds. The van der Waals surface area contributed by atoms with Crippen LogP contribution in [-0.2, 0) is 0 Å². The van der Waals surface area contributed by atoms with E-state index in [1.54, 1.807) is 26.6 Å². The molecule has 0 saturated carbocycles. The van der Waals surface area contributed by atoms with E-state index in [4.69, 9.17) is 15.2 Å². The van der Waals surface area contributed by atoms with Gasteiger partial charge in [-0.15, -0.1) is 0 Å². The van der Waals surface area contributed by atoms with E-state index < -0.39 is 0 Å². The monoisotopic (exact) mass is 272 g/mol. The van der Waals surface area contributed by atoms with Crippen LogP contribution < -0.4 is 15.2 Å². The summed E-state index contributed by atoms with van der Waals surface area (Å²) in [5.74, 6) is 1.60. The van der Waals surface area contributed by atoms with Crippen LogP contribution in [0.5, 0.6) is 11.5 Å². The summed E-state index contributed by atoms with van der Waals surface area (Å²) in [6.45, 7) is 2.11. The summed E-state index contributed by atoms with van der Waals surface area (Å²) in [6, 6.07) is 9.66.